The number of hydrogen-bond acceptors (Lipinski definition) is 3. The summed E-state index contributed by atoms with van der Waals surface area (Å²) in [5.41, 5.74) is 8.84. The van der Waals surface area contributed by atoms with Crippen molar-refractivity contribution in [3.63, 3.8) is 0 Å². The highest BCUT2D eigenvalue weighted by Crippen LogP contribution is 2.30. The second-order valence-electron chi connectivity index (χ2n) is 6.66. The zero-order valence-corrected chi connectivity index (χ0v) is 17.4. The number of halogens is 1. The molecule has 1 atom stereocenters. The quantitative estimate of drug-likeness (QED) is 0.401. The maximum atomic E-state index is 6.05. The molecule has 2 heterocycles. The summed E-state index contributed by atoms with van der Waals surface area (Å²) in [6.45, 7) is 2.79. The molecule has 134 valence electrons. The van der Waals surface area contributed by atoms with Crippen LogP contribution < -0.4 is 11.1 Å². The Morgan fingerprint density at radius 2 is 2.08 bits per heavy atom. The summed E-state index contributed by atoms with van der Waals surface area (Å²) in [7, 11) is 0. The van der Waals surface area contributed by atoms with E-state index in [1.165, 1.54) is 28.8 Å². The first kappa shape index (κ1) is 18.7. The van der Waals surface area contributed by atoms with Gasteiger partial charge in [0.2, 0.25) is 0 Å². The number of fused-ring (bicyclic) bond motifs is 1. The van der Waals surface area contributed by atoms with Crippen LogP contribution >= 0.6 is 35.3 Å². The smallest absolute Gasteiger partial charge is 0.188 e. The van der Waals surface area contributed by atoms with Gasteiger partial charge in [-0.3, -0.25) is 9.89 Å². The Hall–Kier alpha value is -1.12. The first-order valence-corrected chi connectivity index (χ1v) is 9.58. The molecule has 1 aromatic heterocycles. The third kappa shape index (κ3) is 4.74. The lowest BCUT2D eigenvalue weighted by molar-refractivity contribution is 0.185. The minimum Gasteiger partial charge on any atom is -0.370 e. The molecule has 1 saturated carbocycles. The van der Waals surface area contributed by atoms with Gasteiger partial charge in [-0.05, 0) is 41.8 Å². The first-order chi connectivity index (χ1) is 11.8. The number of nitrogens with zero attached hydrogens (tertiary/aromatic N) is 2. The van der Waals surface area contributed by atoms with Crippen molar-refractivity contribution in [2.45, 2.75) is 37.9 Å². The van der Waals surface area contributed by atoms with E-state index >= 15 is 0 Å². The number of guanidine groups is 1. The summed E-state index contributed by atoms with van der Waals surface area (Å²) in [6, 6.07) is 13.8. The number of nitrogens with one attached hydrogen (secondary N) is 1. The van der Waals surface area contributed by atoms with Crippen LogP contribution in [0.15, 0.2) is 46.8 Å². The fourth-order valence-electron chi connectivity index (χ4n) is 3.31. The molecule has 1 aromatic carbocycles. The SMILES string of the molecule is I.NC(=NCC(c1ccccc1)N1CCc2sccc2C1)NC1CC1. The van der Waals surface area contributed by atoms with E-state index in [9.17, 15) is 0 Å². The van der Waals surface area contributed by atoms with E-state index in [4.69, 9.17) is 5.73 Å². The minimum absolute atomic E-state index is 0. The van der Waals surface area contributed by atoms with Gasteiger partial charge in [0.15, 0.2) is 5.96 Å². The lowest BCUT2D eigenvalue weighted by atomic mass is 10.0. The van der Waals surface area contributed by atoms with E-state index in [1.54, 1.807) is 0 Å². The van der Waals surface area contributed by atoms with Crippen LogP contribution in [0.25, 0.3) is 0 Å². The fraction of sp³-hybridized carbons (Fsp3) is 0.421. The van der Waals surface area contributed by atoms with E-state index in [-0.39, 0.29) is 30.0 Å². The topological polar surface area (TPSA) is 53.6 Å². The molecular formula is C19H25IN4S. The predicted molar refractivity (Wildman–Crippen MR) is 116 cm³/mol. The monoisotopic (exact) mass is 468 g/mol. The number of thiophene rings is 1. The summed E-state index contributed by atoms with van der Waals surface area (Å²) >= 11 is 1.88. The Morgan fingerprint density at radius 3 is 2.84 bits per heavy atom. The molecule has 2 aromatic rings. The van der Waals surface area contributed by atoms with Crippen LogP contribution in [-0.2, 0) is 13.0 Å². The second kappa shape index (κ2) is 8.51. The molecule has 6 heteroatoms. The van der Waals surface area contributed by atoms with Crippen molar-refractivity contribution in [3.05, 3.63) is 57.8 Å². The van der Waals surface area contributed by atoms with E-state index in [0.29, 0.717) is 18.5 Å². The highest BCUT2D eigenvalue weighted by Gasteiger charge is 2.26. The summed E-state index contributed by atoms with van der Waals surface area (Å²) in [6.07, 6.45) is 3.56. The molecule has 4 rings (SSSR count). The van der Waals surface area contributed by atoms with Gasteiger partial charge in [-0.1, -0.05) is 30.3 Å². The Kier molecular flexibility index (Phi) is 6.35. The molecule has 25 heavy (non-hydrogen) atoms. The standard InChI is InChI=1S/C19H24N4S.HI/c20-19(22-16-6-7-16)21-12-17(14-4-2-1-3-5-14)23-10-8-18-15(13-23)9-11-24-18;/h1-5,9,11,16-17H,6-8,10,12-13H2,(H3,20,21,22);1H. The van der Waals surface area contributed by atoms with Crippen LogP contribution in [0.3, 0.4) is 0 Å². The average molecular weight is 468 g/mol. The van der Waals surface area contributed by atoms with Crippen molar-refractivity contribution in [2.75, 3.05) is 13.1 Å². The molecule has 2 aliphatic rings. The van der Waals surface area contributed by atoms with Crippen LogP contribution in [0.5, 0.6) is 0 Å². The molecule has 1 aliphatic heterocycles. The maximum absolute atomic E-state index is 6.05. The molecular weight excluding hydrogens is 443 g/mol. The lowest BCUT2D eigenvalue weighted by Crippen LogP contribution is -2.37. The number of hydrogen-bond donors (Lipinski definition) is 2. The van der Waals surface area contributed by atoms with Crippen molar-refractivity contribution in [1.82, 2.24) is 10.2 Å². The normalized spacial score (nSPS) is 19.0. The van der Waals surface area contributed by atoms with Gasteiger partial charge >= 0.3 is 0 Å². The van der Waals surface area contributed by atoms with Gasteiger partial charge in [0.05, 0.1) is 12.6 Å². The third-order valence-electron chi connectivity index (χ3n) is 4.83. The van der Waals surface area contributed by atoms with Crippen molar-refractivity contribution in [3.8, 4) is 0 Å². The van der Waals surface area contributed by atoms with E-state index in [2.05, 4.69) is 57.0 Å². The molecule has 0 bridgehead atoms. The third-order valence-corrected chi connectivity index (χ3v) is 5.85. The molecule has 0 amide bonds. The zero-order chi connectivity index (χ0) is 16.4. The van der Waals surface area contributed by atoms with Gasteiger partial charge < -0.3 is 11.1 Å². The van der Waals surface area contributed by atoms with Crippen molar-refractivity contribution >= 4 is 41.3 Å². The molecule has 3 N–H and O–H groups in total. The molecule has 0 spiro atoms. The Bertz CT molecular complexity index is 711. The van der Waals surface area contributed by atoms with Gasteiger partial charge in [-0.15, -0.1) is 35.3 Å². The number of nitrogens with two attached hydrogens (primary N) is 1. The van der Waals surface area contributed by atoms with Crippen LogP contribution in [0, 0.1) is 0 Å². The molecule has 1 fully saturated rings. The Morgan fingerprint density at radius 1 is 1.28 bits per heavy atom. The van der Waals surface area contributed by atoms with E-state index in [1.807, 2.05) is 11.3 Å². The second-order valence-corrected chi connectivity index (χ2v) is 7.66. The summed E-state index contributed by atoms with van der Waals surface area (Å²) in [4.78, 5) is 8.72. The maximum Gasteiger partial charge on any atom is 0.188 e. The van der Waals surface area contributed by atoms with Gasteiger partial charge in [0.25, 0.3) is 0 Å². The van der Waals surface area contributed by atoms with Crippen LogP contribution in [0.2, 0.25) is 0 Å². The minimum atomic E-state index is 0. The summed E-state index contributed by atoms with van der Waals surface area (Å²) < 4.78 is 0. The van der Waals surface area contributed by atoms with Crippen LogP contribution in [0.1, 0.15) is 34.9 Å². The Labute approximate surface area is 170 Å². The molecule has 1 aliphatic carbocycles. The highest BCUT2D eigenvalue weighted by atomic mass is 127. The number of aliphatic imine (C=N–C) groups is 1. The van der Waals surface area contributed by atoms with Gasteiger partial charge in [-0.25, -0.2) is 0 Å². The van der Waals surface area contributed by atoms with Gasteiger partial charge in [0, 0.05) is 24.0 Å². The molecule has 0 saturated heterocycles. The Balaban J connectivity index is 0.00000182. The van der Waals surface area contributed by atoms with Gasteiger partial charge in [0.1, 0.15) is 0 Å². The van der Waals surface area contributed by atoms with E-state index in [0.717, 1.165) is 19.5 Å². The summed E-state index contributed by atoms with van der Waals surface area (Å²) in [5, 5.41) is 5.50. The summed E-state index contributed by atoms with van der Waals surface area (Å²) in [5.74, 6) is 0.590. The molecule has 1 unspecified atom stereocenters. The molecule has 0 radical (unpaired) electrons. The number of benzene rings is 1. The van der Waals surface area contributed by atoms with Crippen LogP contribution in [0.4, 0.5) is 0 Å². The largest absolute Gasteiger partial charge is 0.370 e. The predicted octanol–water partition coefficient (Wildman–Crippen LogP) is 3.53. The van der Waals surface area contributed by atoms with Crippen molar-refractivity contribution < 1.29 is 0 Å². The average Bonchev–Trinajstić information content (AvgIpc) is 3.29. The van der Waals surface area contributed by atoms with E-state index < -0.39 is 0 Å². The first-order valence-electron chi connectivity index (χ1n) is 8.70. The van der Waals surface area contributed by atoms with Gasteiger partial charge in [-0.2, -0.15) is 0 Å². The lowest BCUT2D eigenvalue weighted by Gasteiger charge is -2.34. The molecule has 4 nitrogen and oxygen atoms in total. The number of rotatable bonds is 5. The van der Waals surface area contributed by atoms with Crippen molar-refractivity contribution in [2.24, 2.45) is 10.7 Å². The van der Waals surface area contributed by atoms with Crippen LogP contribution in [-0.4, -0.2) is 30.0 Å². The zero-order valence-electron chi connectivity index (χ0n) is 14.2. The fourth-order valence-corrected chi connectivity index (χ4v) is 4.20. The highest BCUT2D eigenvalue weighted by molar-refractivity contribution is 14.0. The van der Waals surface area contributed by atoms with Crippen molar-refractivity contribution in [1.29, 1.82) is 0 Å².